The van der Waals surface area contributed by atoms with Crippen LogP contribution in [0.15, 0.2) is 59.8 Å². The van der Waals surface area contributed by atoms with Crippen molar-refractivity contribution in [3.05, 3.63) is 71.5 Å². The van der Waals surface area contributed by atoms with Gasteiger partial charge in [-0.2, -0.15) is 0 Å². The van der Waals surface area contributed by atoms with E-state index in [9.17, 15) is 4.39 Å². The van der Waals surface area contributed by atoms with Gasteiger partial charge in [0.15, 0.2) is 5.60 Å². The molecule has 2 aromatic carbocycles. The van der Waals surface area contributed by atoms with Crippen LogP contribution in [0.1, 0.15) is 30.9 Å². The summed E-state index contributed by atoms with van der Waals surface area (Å²) in [5, 5.41) is 4.25. The molecular weight excluding hydrogens is 253 g/mol. The SMILES string of the molecule is CC[C@@]1(c2ccc(F)cc2)CC(c2ccccc2)=NO1. The standard InChI is InChI=1S/C17H16FNO/c1-2-17(14-8-10-15(18)11-9-14)12-16(19-20-17)13-6-4-3-5-7-13/h3-11H,2,12H2,1H3/t17-/m0/s1. The molecule has 0 spiro atoms. The van der Waals surface area contributed by atoms with Crippen LogP contribution in [0.3, 0.4) is 0 Å². The molecule has 0 N–H and O–H groups in total. The zero-order valence-corrected chi connectivity index (χ0v) is 11.3. The molecule has 0 radical (unpaired) electrons. The van der Waals surface area contributed by atoms with Gasteiger partial charge in [0.1, 0.15) is 5.82 Å². The minimum Gasteiger partial charge on any atom is -0.384 e. The highest BCUT2D eigenvalue weighted by molar-refractivity contribution is 6.01. The Morgan fingerprint density at radius 3 is 2.45 bits per heavy atom. The van der Waals surface area contributed by atoms with Crippen molar-refractivity contribution in [1.29, 1.82) is 0 Å². The molecule has 3 heteroatoms. The first kappa shape index (κ1) is 12.9. The maximum Gasteiger partial charge on any atom is 0.168 e. The molecule has 0 aliphatic carbocycles. The number of hydrogen-bond acceptors (Lipinski definition) is 2. The molecule has 1 aliphatic rings. The Morgan fingerprint density at radius 2 is 1.80 bits per heavy atom. The van der Waals surface area contributed by atoms with Gasteiger partial charge in [-0.15, -0.1) is 0 Å². The fraction of sp³-hybridized carbons (Fsp3) is 0.235. The van der Waals surface area contributed by atoms with E-state index in [1.807, 2.05) is 30.3 Å². The molecule has 0 fully saturated rings. The molecule has 0 saturated carbocycles. The van der Waals surface area contributed by atoms with E-state index in [4.69, 9.17) is 4.84 Å². The first-order chi connectivity index (χ1) is 9.73. The quantitative estimate of drug-likeness (QED) is 0.816. The van der Waals surface area contributed by atoms with Crippen LogP contribution < -0.4 is 0 Å². The molecule has 0 aromatic heterocycles. The number of hydrogen-bond donors (Lipinski definition) is 0. The van der Waals surface area contributed by atoms with Crippen molar-refractivity contribution in [1.82, 2.24) is 0 Å². The van der Waals surface area contributed by atoms with Crippen LogP contribution in [0.25, 0.3) is 0 Å². The largest absolute Gasteiger partial charge is 0.384 e. The summed E-state index contributed by atoms with van der Waals surface area (Å²) in [6.07, 6.45) is 1.50. The average molecular weight is 269 g/mol. The highest BCUT2D eigenvalue weighted by Gasteiger charge is 2.39. The fourth-order valence-electron chi connectivity index (χ4n) is 2.56. The van der Waals surface area contributed by atoms with E-state index in [-0.39, 0.29) is 5.82 Å². The second-order valence-electron chi connectivity index (χ2n) is 5.03. The number of oxime groups is 1. The van der Waals surface area contributed by atoms with Gasteiger partial charge in [-0.25, -0.2) is 4.39 Å². The monoisotopic (exact) mass is 269 g/mol. The third-order valence-electron chi connectivity index (χ3n) is 3.83. The summed E-state index contributed by atoms with van der Waals surface area (Å²) in [5.41, 5.74) is 2.51. The lowest BCUT2D eigenvalue weighted by Crippen LogP contribution is -2.25. The van der Waals surface area contributed by atoms with E-state index in [2.05, 4.69) is 12.1 Å². The van der Waals surface area contributed by atoms with Crippen molar-refractivity contribution in [3.63, 3.8) is 0 Å². The molecule has 0 saturated heterocycles. The topological polar surface area (TPSA) is 21.6 Å². The van der Waals surface area contributed by atoms with E-state index in [1.54, 1.807) is 12.1 Å². The maximum absolute atomic E-state index is 13.1. The predicted molar refractivity (Wildman–Crippen MR) is 77.1 cm³/mol. The van der Waals surface area contributed by atoms with Gasteiger partial charge in [0, 0.05) is 6.42 Å². The number of benzene rings is 2. The smallest absolute Gasteiger partial charge is 0.168 e. The van der Waals surface area contributed by atoms with Crippen molar-refractivity contribution in [2.75, 3.05) is 0 Å². The van der Waals surface area contributed by atoms with Crippen LogP contribution >= 0.6 is 0 Å². The molecule has 1 atom stereocenters. The van der Waals surface area contributed by atoms with Gasteiger partial charge in [-0.1, -0.05) is 54.5 Å². The van der Waals surface area contributed by atoms with E-state index in [1.165, 1.54) is 12.1 Å². The van der Waals surface area contributed by atoms with Gasteiger partial charge in [-0.3, -0.25) is 0 Å². The van der Waals surface area contributed by atoms with Crippen LogP contribution in [0, 0.1) is 5.82 Å². The second-order valence-corrected chi connectivity index (χ2v) is 5.03. The van der Waals surface area contributed by atoms with Gasteiger partial charge in [0.05, 0.1) is 5.71 Å². The number of rotatable bonds is 3. The van der Waals surface area contributed by atoms with Crippen molar-refractivity contribution in [3.8, 4) is 0 Å². The summed E-state index contributed by atoms with van der Waals surface area (Å²) in [6.45, 7) is 2.06. The normalized spacial score (nSPS) is 21.4. The Bertz CT molecular complexity index is 621. The van der Waals surface area contributed by atoms with Gasteiger partial charge in [0.25, 0.3) is 0 Å². The molecular formula is C17H16FNO. The van der Waals surface area contributed by atoms with Gasteiger partial charge in [0.2, 0.25) is 0 Å². The summed E-state index contributed by atoms with van der Waals surface area (Å²) >= 11 is 0. The van der Waals surface area contributed by atoms with E-state index < -0.39 is 5.60 Å². The van der Waals surface area contributed by atoms with E-state index in [0.717, 1.165) is 23.3 Å². The van der Waals surface area contributed by atoms with Gasteiger partial charge in [-0.05, 0) is 29.7 Å². The van der Waals surface area contributed by atoms with Crippen molar-refractivity contribution < 1.29 is 9.23 Å². The lowest BCUT2D eigenvalue weighted by Gasteiger charge is -2.25. The maximum atomic E-state index is 13.1. The summed E-state index contributed by atoms with van der Waals surface area (Å²) in [6, 6.07) is 16.5. The molecule has 20 heavy (non-hydrogen) atoms. The molecule has 2 aromatic rings. The third kappa shape index (κ3) is 2.20. The van der Waals surface area contributed by atoms with Crippen LogP contribution in [-0.2, 0) is 10.4 Å². The minimum absolute atomic E-state index is 0.234. The highest BCUT2D eigenvalue weighted by atomic mass is 19.1. The van der Waals surface area contributed by atoms with E-state index >= 15 is 0 Å². The Hall–Kier alpha value is -2.16. The van der Waals surface area contributed by atoms with Crippen LogP contribution in [-0.4, -0.2) is 5.71 Å². The molecule has 1 heterocycles. The van der Waals surface area contributed by atoms with Crippen molar-refractivity contribution in [2.24, 2.45) is 5.16 Å². The lowest BCUT2D eigenvalue weighted by atomic mass is 9.85. The molecule has 0 amide bonds. The first-order valence-electron chi connectivity index (χ1n) is 6.80. The zero-order valence-electron chi connectivity index (χ0n) is 11.3. The zero-order chi connectivity index (χ0) is 14.0. The fourth-order valence-corrected chi connectivity index (χ4v) is 2.56. The summed E-state index contributed by atoms with van der Waals surface area (Å²) < 4.78 is 13.1. The molecule has 102 valence electrons. The Morgan fingerprint density at radius 1 is 1.10 bits per heavy atom. The number of nitrogens with zero attached hydrogens (tertiary/aromatic N) is 1. The molecule has 3 rings (SSSR count). The van der Waals surface area contributed by atoms with Crippen LogP contribution in [0.2, 0.25) is 0 Å². The highest BCUT2D eigenvalue weighted by Crippen LogP contribution is 2.39. The van der Waals surface area contributed by atoms with Gasteiger partial charge < -0.3 is 4.84 Å². The Balaban J connectivity index is 1.89. The molecule has 0 unspecified atom stereocenters. The minimum atomic E-state index is -0.473. The Kier molecular flexibility index (Phi) is 3.26. The van der Waals surface area contributed by atoms with Crippen molar-refractivity contribution in [2.45, 2.75) is 25.4 Å². The average Bonchev–Trinajstić information content (AvgIpc) is 2.95. The molecule has 1 aliphatic heterocycles. The molecule has 2 nitrogen and oxygen atoms in total. The summed E-state index contributed by atoms with van der Waals surface area (Å²) in [7, 11) is 0. The first-order valence-corrected chi connectivity index (χ1v) is 6.80. The van der Waals surface area contributed by atoms with Gasteiger partial charge >= 0.3 is 0 Å². The Labute approximate surface area is 117 Å². The van der Waals surface area contributed by atoms with Crippen LogP contribution in [0.5, 0.6) is 0 Å². The summed E-state index contributed by atoms with van der Waals surface area (Å²) in [5.74, 6) is -0.234. The number of halogens is 1. The predicted octanol–water partition coefficient (Wildman–Crippen LogP) is 4.26. The molecule has 0 bridgehead atoms. The van der Waals surface area contributed by atoms with E-state index in [0.29, 0.717) is 6.42 Å². The van der Waals surface area contributed by atoms with Crippen LogP contribution in [0.4, 0.5) is 4.39 Å². The van der Waals surface area contributed by atoms with Crippen molar-refractivity contribution >= 4 is 5.71 Å². The summed E-state index contributed by atoms with van der Waals surface area (Å²) in [4.78, 5) is 5.75. The third-order valence-corrected chi connectivity index (χ3v) is 3.83. The lowest BCUT2D eigenvalue weighted by molar-refractivity contribution is -0.0263. The second kappa shape index (κ2) is 5.08.